The Kier molecular flexibility index (Phi) is 5.02. The van der Waals surface area contributed by atoms with Gasteiger partial charge in [0.15, 0.2) is 17.4 Å². The SMILES string of the molecule is CC1CCCCN1c1ccc(N2CCN(C(=O)c3cc4ccccc4o3)CC2)nn1. The first-order valence-corrected chi connectivity index (χ1v) is 10.8. The number of aromatic nitrogens is 2. The fourth-order valence-electron chi connectivity index (χ4n) is 4.46. The number of piperazine rings is 1. The van der Waals surface area contributed by atoms with Crippen LogP contribution in [0, 0.1) is 0 Å². The Bertz CT molecular complexity index is 991. The summed E-state index contributed by atoms with van der Waals surface area (Å²) in [5, 5.41) is 9.93. The summed E-state index contributed by atoms with van der Waals surface area (Å²) in [6.45, 7) is 6.07. The number of rotatable bonds is 3. The monoisotopic (exact) mass is 405 g/mol. The highest BCUT2D eigenvalue weighted by Gasteiger charge is 2.26. The number of hydrogen-bond donors (Lipinski definition) is 0. The third-order valence-electron chi connectivity index (χ3n) is 6.26. The average molecular weight is 406 g/mol. The van der Waals surface area contributed by atoms with Crippen molar-refractivity contribution in [2.24, 2.45) is 0 Å². The van der Waals surface area contributed by atoms with E-state index in [2.05, 4.69) is 39.1 Å². The van der Waals surface area contributed by atoms with E-state index >= 15 is 0 Å². The summed E-state index contributed by atoms with van der Waals surface area (Å²) in [4.78, 5) is 19.2. The Labute approximate surface area is 176 Å². The van der Waals surface area contributed by atoms with Crippen molar-refractivity contribution < 1.29 is 9.21 Å². The molecule has 3 aromatic rings. The predicted octanol–water partition coefficient (Wildman–Crippen LogP) is 3.56. The van der Waals surface area contributed by atoms with Crippen molar-refractivity contribution in [2.45, 2.75) is 32.2 Å². The van der Waals surface area contributed by atoms with Crippen molar-refractivity contribution in [2.75, 3.05) is 42.5 Å². The maximum atomic E-state index is 12.8. The molecule has 1 unspecified atom stereocenters. The van der Waals surface area contributed by atoms with Crippen molar-refractivity contribution in [1.29, 1.82) is 0 Å². The molecule has 4 heterocycles. The highest BCUT2D eigenvalue weighted by Crippen LogP contribution is 2.24. The molecule has 1 atom stereocenters. The van der Waals surface area contributed by atoms with E-state index in [0.29, 0.717) is 24.9 Å². The lowest BCUT2D eigenvalue weighted by molar-refractivity contribution is 0.0717. The van der Waals surface area contributed by atoms with E-state index in [9.17, 15) is 4.79 Å². The first-order valence-electron chi connectivity index (χ1n) is 10.8. The van der Waals surface area contributed by atoms with E-state index in [1.54, 1.807) is 0 Å². The third-order valence-corrected chi connectivity index (χ3v) is 6.26. The number of furan rings is 1. The van der Waals surface area contributed by atoms with Crippen LogP contribution in [0.5, 0.6) is 0 Å². The molecule has 7 heteroatoms. The van der Waals surface area contributed by atoms with Crippen LogP contribution in [0.25, 0.3) is 11.0 Å². The number of amides is 1. The Morgan fingerprint density at radius 3 is 2.47 bits per heavy atom. The number of piperidine rings is 1. The minimum Gasteiger partial charge on any atom is -0.451 e. The number of carbonyl (C=O) groups excluding carboxylic acids is 1. The second kappa shape index (κ2) is 7.97. The molecule has 2 aliphatic heterocycles. The number of para-hydroxylation sites is 1. The van der Waals surface area contributed by atoms with E-state index in [1.165, 1.54) is 19.3 Å². The van der Waals surface area contributed by atoms with Crippen LogP contribution in [0.3, 0.4) is 0 Å². The van der Waals surface area contributed by atoms with E-state index in [1.807, 2.05) is 35.2 Å². The molecule has 0 spiro atoms. The van der Waals surface area contributed by atoms with Crippen molar-refractivity contribution in [3.05, 3.63) is 48.2 Å². The highest BCUT2D eigenvalue weighted by molar-refractivity contribution is 5.96. The van der Waals surface area contributed by atoms with E-state index < -0.39 is 0 Å². The third kappa shape index (κ3) is 3.60. The topological polar surface area (TPSA) is 65.7 Å². The maximum Gasteiger partial charge on any atom is 0.289 e. The van der Waals surface area contributed by atoms with Gasteiger partial charge in [-0.2, -0.15) is 0 Å². The summed E-state index contributed by atoms with van der Waals surface area (Å²) in [6, 6.07) is 14.2. The zero-order valence-corrected chi connectivity index (χ0v) is 17.3. The van der Waals surface area contributed by atoms with Gasteiger partial charge in [-0.3, -0.25) is 4.79 Å². The van der Waals surface area contributed by atoms with Gasteiger partial charge in [0.1, 0.15) is 5.58 Å². The Morgan fingerprint density at radius 2 is 1.73 bits per heavy atom. The number of anilines is 2. The summed E-state index contributed by atoms with van der Waals surface area (Å²) in [7, 11) is 0. The van der Waals surface area contributed by atoms with Gasteiger partial charge in [0, 0.05) is 44.2 Å². The van der Waals surface area contributed by atoms with Gasteiger partial charge in [-0.05, 0) is 50.5 Å². The smallest absolute Gasteiger partial charge is 0.289 e. The largest absolute Gasteiger partial charge is 0.451 e. The summed E-state index contributed by atoms with van der Waals surface area (Å²) in [5.74, 6) is 2.19. The zero-order valence-electron chi connectivity index (χ0n) is 17.3. The Morgan fingerprint density at radius 1 is 0.967 bits per heavy atom. The van der Waals surface area contributed by atoms with Crippen molar-refractivity contribution in [3.63, 3.8) is 0 Å². The van der Waals surface area contributed by atoms with Gasteiger partial charge in [0.05, 0.1) is 0 Å². The molecule has 156 valence electrons. The van der Waals surface area contributed by atoms with Gasteiger partial charge in [-0.15, -0.1) is 10.2 Å². The molecule has 0 N–H and O–H groups in total. The van der Waals surface area contributed by atoms with Gasteiger partial charge in [0.2, 0.25) is 0 Å². The van der Waals surface area contributed by atoms with Crippen LogP contribution in [0.4, 0.5) is 11.6 Å². The van der Waals surface area contributed by atoms with Crippen LogP contribution in [-0.4, -0.2) is 59.8 Å². The van der Waals surface area contributed by atoms with Gasteiger partial charge in [-0.25, -0.2) is 0 Å². The van der Waals surface area contributed by atoms with E-state index in [0.717, 1.165) is 42.2 Å². The Balaban J connectivity index is 1.21. The maximum absolute atomic E-state index is 12.8. The molecule has 2 aliphatic rings. The number of fused-ring (bicyclic) bond motifs is 1. The number of benzene rings is 1. The molecule has 0 radical (unpaired) electrons. The molecule has 0 aliphatic carbocycles. The van der Waals surface area contributed by atoms with Gasteiger partial charge in [0.25, 0.3) is 5.91 Å². The molecule has 0 bridgehead atoms. The fourth-order valence-corrected chi connectivity index (χ4v) is 4.46. The minimum absolute atomic E-state index is 0.0497. The van der Waals surface area contributed by atoms with Crippen LogP contribution in [0.1, 0.15) is 36.7 Å². The molecular formula is C23H27N5O2. The van der Waals surface area contributed by atoms with Crippen LogP contribution >= 0.6 is 0 Å². The molecule has 1 amide bonds. The molecule has 1 aromatic carbocycles. The Hall–Kier alpha value is -3.09. The molecule has 2 aromatic heterocycles. The lowest BCUT2D eigenvalue weighted by atomic mass is 10.0. The quantitative estimate of drug-likeness (QED) is 0.664. The summed E-state index contributed by atoms with van der Waals surface area (Å²) < 4.78 is 5.74. The minimum atomic E-state index is -0.0497. The van der Waals surface area contributed by atoms with Crippen LogP contribution in [0.15, 0.2) is 46.9 Å². The normalized spacial score (nSPS) is 20.0. The standard InChI is InChI=1S/C23H27N5O2/c1-17-6-4-5-11-28(17)22-10-9-21(24-25-22)26-12-14-27(15-13-26)23(29)20-16-18-7-2-3-8-19(18)30-20/h2-3,7-10,16-17H,4-6,11-15H2,1H3. The van der Waals surface area contributed by atoms with Crippen molar-refractivity contribution >= 4 is 28.5 Å². The summed E-state index contributed by atoms with van der Waals surface area (Å²) >= 11 is 0. The summed E-state index contributed by atoms with van der Waals surface area (Å²) in [6.07, 6.45) is 3.72. The van der Waals surface area contributed by atoms with Crippen molar-refractivity contribution in [3.8, 4) is 0 Å². The fraction of sp³-hybridized carbons (Fsp3) is 0.435. The number of hydrogen-bond acceptors (Lipinski definition) is 6. The lowest BCUT2D eigenvalue weighted by Gasteiger charge is -2.36. The molecule has 2 saturated heterocycles. The molecule has 2 fully saturated rings. The van der Waals surface area contributed by atoms with Gasteiger partial charge >= 0.3 is 0 Å². The van der Waals surface area contributed by atoms with E-state index in [-0.39, 0.29) is 5.91 Å². The van der Waals surface area contributed by atoms with Crippen molar-refractivity contribution in [1.82, 2.24) is 15.1 Å². The van der Waals surface area contributed by atoms with E-state index in [4.69, 9.17) is 4.42 Å². The first kappa shape index (κ1) is 18.9. The summed E-state index contributed by atoms with van der Waals surface area (Å²) in [5.41, 5.74) is 0.748. The first-order chi connectivity index (χ1) is 14.7. The lowest BCUT2D eigenvalue weighted by Crippen LogP contribution is -2.49. The van der Waals surface area contributed by atoms with Crippen LogP contribution in [0.2, 0.25) is 0 Å². The highest BCUT2D eigenvalue weighted by atomic mass is 16.3. The van der Waals surface area contributed by atoms with Gasteiger partial charge in [-0.1, -0.05) is 18.2 Å². The molecule has 30 heavy (non-hydrogen) atoms. The second-order valence-electron chi connectivity index (χ2n) is 8.22. The molecular weight excluding hydrogens is 378 g/mol. The molecule has 5 rings (SSSR count). The van der Waals surface area contributed by atoms with Crippen LogP contribution < -0.4 is 9.80 Å². The second-order valence-corrected chi connectivity index (χ2v) is 8.22. The van der Waals surface area contributed by atoms with Gasteiger partial charge < -0.3 is 19.1 Å². The molecule has 7 nitrogen and oxygen atoms in total. The predicted molar refractivity (Wildman–Crippen MR) is 117 cm³/mol. The number of carbonyl (C=O) groups is 1. The zero-order chi connectivity index (χ0) is 20.5. The van der Waals surface area contributed by atoms with Crippen LogP contribution in [-0.2, 0) is 0 Å². The number of nitrogens with zero attached hydrogens (tertiary/aromatic N) is 5. The average Bonchev–Trinajstić information content (AvgIpc) is 3.24. The molecule has 0 saturated carbocycles.